The van der Waals surface area contributed by atoms with E-state index in [9.17, 15) is 14.7 Å². The standard InChI is InChI=1S/C27H35N3O3S/c1-4-17(2)21(16-26(31)32)29-27(33)19-11-12-24-22(14-19)28-25(15-20-9-7-13-34-20)30(24)23-10-6-5-8-18(23)3/h7,9,11-14,17-18,21,23H,4-6,8,10,15-16H2,1-3H3,(H,29,33)(H,31,32). The topological polar surface area (TPSA) is 84.2 Å². The van der Waals surface area contributed by atoms with E-state index in [0.29, 0.717) is 17.5 Å². The molecule has 2 heterocycles. The van der Waals surface area contributed by atoms with E-state index < -0.39 is 12.0 Å². The van der Waals surface area contributed by atoms with E-state index in [1.807, 2.05) is 32.0 Å². The number of fused-ring (bicyclic) bond motifs is 1. The van der Waals surface area contributed by atoms with E-state index in [1.165, 1.54) is 24.1 Å². The lowest BCUT2D eigenvalue weighted by Gasteiger charge is -2.31. The van der Waals surface area contributed by atoms with E-state index in [0.717, 1.165) is 36.1 Å². The fraction of sp³-hybridized carbons (Fsp3) is 0.519. The van der Waals surface area contributed by atoms with Crippen LogP contribution in [0.15, 0.2) is 35.7 Å². The third-order valence-corrected chi connectivity index (χ3v) is 8.25. The van der Waals surface area contributed by atoms with E-state index in [-0.39, 0.29) is 18.2 Å². The second kappa shape index (κ2) is 10.7. The Kier molecular flexibility index (Phi) is 7.71. The number of carbonyl (C=O) groups excluding carboxylic acids is 1. The summed E-state index contributed by atoms with van der Waals surface area (Å²) in [4.78, 5) is 30.7. The molecule has 1 aromatic carbocycles. The number of nitrogens with zero attached hydrogens (tertiary/aromatic N) is 2. The van der Waals surface area contributed by atoms with Crippen LogP contribution in [-0.4, -0.2) is 32.6 Å². The highest BCUT2D eigenvalue weighted by Crippen LogP contribution is 2.37. The SMILES string of the molecule is CCC(C)C(CC(=O)O)NC(=O)c1ccc2c(c1)nc(Cc1cccs1)n2C1CCCCC1C. The number of amides is 1. The second-order valence-electron chi connectivity index (χ2n) is 9.75. The molecule has 7 heteroatoms. The number of rotatable bonds is 9. The van der Waals surface area contributed by atoms with Crippen molar-refractivity contribution in [2.75, 3.05) is 0 Å². The summed E-state index contributed by atoms with van der Waals surface area (Å²) in [5, 5.41) is 14.3. The number of imidazole rings is 1. The molecule has 4 unspecified atom stereocenters. The lowest BCUT2D eigenvalue weighted by molar-refractivity contribution is -0.137. The zero-order chi connectivity index (χ0) is 24.2. The van der Waals surface area contributed by atoms with Gasteiger partial charge in [-0.3, -0.25) is 9.59 Å². The molecule has 2 N–H and O–H groups in total. The molecule has 0 saturated heterocycles. The van der Waals surface area contributed by atoms with Gasteiger partial charge in [0, 0.05) is 28.9 Å². The summed E-state index contributed by atoms with van der Waals surface area (Å²) in [5.74, 6) is 0.572. The van der Waals surface area contributed by atoms with Crippen molar-refractivity contribution in [2.24, 2.45) is 11.8 Å². The first-order valence-corrected chi connectivity index (χ1v) is 13.3. The lowest BCUT2D eigenvalue weighted by Crippen LogP contribution is -2.40. The quantitative estimate of drug-likeness (QED) is 0.389. The molecule has 0 radical (unpaired) electrons. The van der Waals surface area contributed by atoms with Gasteiger partial charge < -0.3 is 15.0 Å². The molecule has 1 fully saturated rings. The summed E-state index contributed by atoms with van der Waals surface area (Å²) in [6, 6.07) is 9.97. The van der Waals surface area contributed by atoms with Gasteiger partial charge in [-0.05, 0) is 54.3 Å². The van der Waals surface area contributed by atoms with Gasteiger partial charge in [0.15, 0.2) is 0 Å². The molecule has 1 aliphatic carbocycles. The summed E-state index contributed by atoms with van der Waals surface area (Å²) >= 11 is 1.74. The maximum absolute atomic E-state index is 13.1. The number of nitrogens with one attached hydrogen (secondary N) is 1. The number of hydrogen-bond acceptors (Lipinski definition) is 4. The van der Waals surface area contributed by atoms with Crippen LogP contribution in [-0.2, 0) is 11.2 Å². The maximum atomic E-state index is 13.1. The first kappa shape index (κ1) is 24.5. The van der Waals surface area contributed by atoms with Gasteiger partial charge >= 0.3 is 5.97 Å². The van der Waals surface area contributed by atoms with Crippen LogP contribution in [0.1, 0.15) is 86.4 Å². The molecule has 0 aliphatic heterocycles. The number of thiophene rings is 1. The van der Waals surface area contributed by atoms with Crippen molar-refractivity contribution in [3.8, 4) is 0 Å². The number of carboxylic acid groups (broad SMARTS) is 1. The van der Waals surface area contributed by atoms with Crippen molar-refractivity contribution in [2.45, 2.75) is 77.8 Å². The number of hydrogen-bond donors (Lipinski definition) is 2. The first-order chi connectivity index (χ1) is 16.4. The van der Waals surface area contributed by atoms with Crippen LogP contribution < -0.4 is 5.32 Å². The van der Waals surface area contributed by atoms with Crippen LogP contribution in [0.2, 0.25) is 0 Å². The largest absolute Gasteiger partial charge is 0.481 e. The van der Waals surface area contributed by atoms with E-state index in [2.05, 4.69) is 34.3 Å². The number of carbonyl (C=O) groups is 2. The fourth-order valence-electron chi connectivity index (χ4n) is 5.15. The molecular formula is C27H35N3O3S. The molecule has 0 bridgehead atoms. The van der Waals surface area contributed by atoms with Crippen molar-refractivity contribution in [3.05, 3.63) is 52.0 Å². The van der Waals surface area contributed by atoms with E-state index >= 15 is 0 Å². The fourth-order valence-corrected chi connectivity index (χ4v) is 5.85. The van der Waals surface area contributed by atoms with Crippen LogP contribution in [0.25, 0.3) is 11.0 Å². The maximum Gasteiger partial charge on any atom is 0.305 e. The van der Waals surface area contributed by atoms with Crippen molar-refractivity contribution < 1.29 is 14.7 Å². The molecule has 6 nitrogen and oxygen atoms in total. The third-order valence-electron chi connectivity index (χ3n) is 7.38. The monoisotopic (exact) mass is 481 g/mol. The van der Waals surface area contributed by atoms with Gasteiger partial charge in [0.2, 0.25) is 0 Å². The van der Waals surface area contributed by atoms with Gasteiger partial charge in [0.25, 0.3) is 5.91 Å². The molecule has 1 aliphatic rings. The van der Waals surface area contributed by atoms with Crippen molar-refractivity contribution in [1.29, 1.82) is 0 Å². The number of aromatic nitrogens is 2. The van der Waals surface area contributed by atoms with E-state index in [1.54, 1.807) is 11.3 Å². The molecule has 1 saturated carbocycles. The van der Waals surface area contributed by atoms with Gasteiger partial charge in [-0.1, -0.05) is 46.1 Å². The minimum Gasteiger partial charge on any atom is -0.481 e. The molecule has 2 aromatic heterocycles. The minimum atomic E-state index is -0.903. The highest BCUT2D eigenvalue weighted by molar-refractivity contribution is 7.09. The number of benzene rings is 1. The van der Waals surface area contributed by atoms with Gasteiger partial charge in [-0.2, -0.15) is 0 Å². The lowest BCUT2D eigenvalue weighted by atomic mass is 9.85. The first-order valence-electron chi connectivity index (χ1n) is 12.4. The molecule has 0 spiro atoms. The number of carboxylic acids is 1. The Labute approximate surface area is 205 Å². The van der Waals surface area contributed by atoms with Crippen molar-refractivity contribution in [3.63, 3.8) is 0 Å². The third kappa shape index (κ3) is 5.35. The molecule has 3 aromatic rings. The molecular weight excluding hydrogens is 446 g/mol. The van der Waals surface area contributed by atoms with Crippen LogP contribution in [0.4, 0.5) is 0 Å². The van der Waals surface area contributed by atoms with Crippen LogP contribution in [0, 0.1) is 11.8 Å². The molecule has 182 valence electrons. The predicted molar refractivity (Wildman–Crippen MR) is 136 cm³/mol. The minimum absolute atomic E-state index is 0.0770. The smallest absolute Gasteiger partial charge is 0.305 e. The Bertz CT molecular complexity index is 1140. The molecule has 4 rings (SSSR count). The van der Waals surface area contributed by atoms with Crippen molar-refractivity contribution >= 4 is 34.2 Å². The Morgan fingerprint density at radius 3 is 2.74 bits per heavy atom. The van der Waals surface area contributed by atoms with E-state index in [4.69, 9.17) is 4.98 Å². The zero-order valence-corrected chi connectivity index (χ0v) is 21.1. The summed E-state index contributed by atoms with van der Waals surface area (Å²) in [6.45, 7) is 6.32. The highest BCUT2D eigenvalue weighted by Gasteiger charge is 2.28. The Balaban J connectivity index is 1.67. The molecule has 4 atom stereocenters. The molecule has 34 heavy (non-hydrogen) atoms. The number of aliphatic carboxylic acids is 1. The van der Waals surface area contributed by atoms with Crippen LogP contribution in [0.5, 0.6) is 0 Å². The normalized spacial score (nSPS) is 20.2. The predicted octanol–water partition coefficient (Wildman–Crippen LogP) is 6.06. The van der Waals surface area contributed by atoms with Gasteiger partial charge in [-0.15, -0.1) is 11.3 Å². The second-order valence-corrected chi connectivity index (χ2v) is 10.8. The highest BCUT2D eigenvalue weighted by atomic mass is 32.1. The summed E-state index contributed by atoms with van der Waals surface area (Å²) in [6.07, 6.45) is 6.39. The molecule has 1 amide bonds. The van der Waals surface area contributed by atoms with Gasteiger partial charge in [0.05, 0.1) is 17.5 Å². The van der Waals surface area contributed by atoms with Crippen LogP contribution >= 0.6 is 11.3 Å². The van der Waals surface area contributed by atoms with Gasteiger partial charge in [0.1, 0.15) is 5.82 Å². The summed E-state index contributed by atoms with van der Waals surface area (Å²) in [5.41, 5.74) is 2.43. The Morgan fingerprint density at radius 2 is 2.06 bits per heavy atom. The Hall–Kier alpha value is -2.67. The average Bonchev–Trinajstić information content (AvgIpc) is 3.45. The van der Waals surface area contributed by atoms with Crippen LogP contribution in [0.3, 0.4) is 0 Å². The Morgan fingerprint density at radius 1 is 1.26 bits per heavy atom. The zero-order valence-electron chi connectivity index (χ0n) is 20.3. The summed E-state index contributed by atoms with van der Waals surface area (Å²) in [7, 11) is 0. The summed E-state index contributed by atoms with van der Waals surface area (Å²) < 4.78 is 2.42. The van der Waals surface area contributed by atoms with Gasteiger partial charge in [-0.25, -0.2) is 4.98 Å². The average molecular weight is 482 g/mol. The van der Waals surface area contributed by atoms with Crippen molar-refractivity contribution in [1.82, 2.24) is 14.9 Å².